The van der Waals surface area contributed by atoms with E-state index < -0.39 is 0 Å². The van der Waals surface area contributed by atoms with Gasteiger partial charge in [0.05, 0.1) is 0 Å². The van der Waals surface area contributed by atoms with Crippen LogP contribution in [-0.4, -0.2) is 22.0 Å². The molecule has 3 aromatic rings. The number of nitrogens with zero attached hydrogens (tertiary/aromatic N) is 5. The van der Waals surface area contributed by atoms with E-state index in [4.69, 9.17) is 0 Å². The van der Waals surface area contributed by atoms with Crippen LogP contribution in [0.2, 0.25) is 0 Å². The van der Waals surface area contributed by atoms with Crippen molar-refractivity contribution < 1.29 is 20.1 Å². The van der Waals surface area contributed by atoms with Gasteiger partial charge in [-0.1, -0.05) is 38.6 Å². The number of hydrogen-bond donors (Lipinski definition) is 0. The summed E-state index contributed by atoms with van der Waals surface area (Å²) in [6, 6.07) is 18.8. The Morgan fingerprint density at radius 3 is 2.39 bits per heavy atom. The van der Waals surface area contributed by atoms with Crippen LogP contribution in [0.4, 0.5) is 5.69 Å². The molecule has 0 fully saturated rings. The van der Waals surface area contributed by atoms with Gasteiger partial charge < -0.3 is 20.0 Å². The van der Waals surface area contributed by atoms with Crippen LogP contribution in [0.25, 0.3) is 11.4 Å². The molecule has 0 amide bonds. The Morgan fingerprint density at radius 2 is 1.86 bits per heavy atom. The van der Waals surface area contributed by atoms with Gasteiger partial charge in [0, 0.05) is 23.0 Å². The molecule has 0 radical (unpaired) electrons. The van der Waals surface area contributed by atoms with Gasteiger partial charge in [-0.05, 0) is 31.6 Å². The van der Waals surface area contributed by atoms with E-state index in [-0.39, 0.29) is 25.5 Å². The maximum absolute atomic E-state index is 4.24. The Kier molecular flexibility index (Phi) is 7.55. The van der Waals surface area contributed by atoms with Gasteiger partial charge in [0.2, 0.25) is 0 Å². The minimum Gasteiger partial charge on any atom is -0.573 e. The van der Waals surface area contributed by atoms with Crippen LogP contribution >= 0.6 is 0 Å². The molecule has 28 heavy (non-hydrogen) atoms. The smallest absolute Gasteiger partial charge is 0.573 e. The second-order valence-corrected chi connectivity index (χ2v) is 7.31. The first kappa shape index (κ1) is 21.9. The fraction of sp³-hybridized carbons (Fsp3) is 0.227. The van der Waals surface area contributed by atoms with Gasteiger partial charge in [-0.2, -0.15) is 37.0 Å². The summed E-state index contributed by atoms with van der Waals surface area (Å²) < 4.78 is 0. The molecule has 1 aromatic carbocycles. The molecule has 0 saturated carbocycles. The van der Waals surface area contributed by atoms with E-state index in [1.807, 2.05) is 84.4 Å². The zero-order valence-corrected chi connectivity index (χ0v) is 18.9. The van der Waals surface area contributed by atoms with Gasteiger partial charge in [-0.25, -0.2) is 0 Å². The molecule has 3 heterocycles. The average molecular weight is 551 g/mol. The first-order valence-electron chi connectivity index (χ1n) is 8.86. The maximum Gasteiger partial charge on any atom is 3.00 e. The minimum absolute atomic E-state index is 0. The molecule has 2 aromatic heterocycles. The van der Waals surface area contributed by atoms with Crippen LogP contribution in [-0.2, 0) is 25.5 Å². The van der Waals surface area contributed by atoms with Crippen LogP contribution in [0.5, 0.6) is 0 Å². The zero-order valence-electron chi connectivity index (χ0n) is 16.5. The standard InChI is InChI=1S/C12H14N3.C10H10N2.Ir/c1-12(2,3)11-8-10(14-15-11)9-6-4-5-7-13-9;1-11-7-8-12(9-11)10-5-3-2-4-6-10;/h4-8H,1-3H3;2-5,7-9H,1H3;/q-1;-2;+3. The largest absolute Gasteiger partial charge is 3.00 e. The molecule has 4 rings (SSSR count). The monoisotopic (exact) mass is 551 g/mol. The summed E-state index contributed by atoms with van der Waals surface area (Å²) in [4.78, 5) is 8.27. The summed E-state index contributed by atoms with van der Waals surface area (Å²) >= 11 is 0. The molecule has 1 aliphatic heterocycles. The number of para-hydroxylation sites is 1. The fourth-order valence-corrected chi connectivity index (χ4v) is 2.44. The molecule has 0 N–H and O–H groups in total. The summed E-state index contributed by atoms with van der Waals surface area (Å²) in [6.07, 6.45) is 5.77. The Morgan fingerprint density at radius 1 is 1.07 bits per heavy atom. The molecular weight excluding hydrogens is 526 g/mol. The Hall–Kier alpha value is -2.43. The zero-order chi connectivity index (χ0) is 19.3. The third-order valence-electron chi connectivity index (χ3n) is 3.97. The van der Waals surface area contributed by atoms with Crippen LogP contribution in [0.3, 0.4) is 0 Å². The van der Waals surface area contributed by atoms with Crippen molar-refractivity contribution in [1.82, 2.24) is 20.1 Å². The number of aromatic nitrogens is 3. The van der Waals surface area contributed by atoms with E-state index in [2.05, 4.69) is 42.0 Å². The minimum atomic E-state index is 0. The normalized spacial score (nSPS) is 13.0. The quantitative estimate of drug-likeness (QED) is 0.447. The molecule has 0 atom stereocenters. The van der Waals surface area contributed by atoms with Crippen molar-refractivity contribution in [1.29, 1.82) is 0 Å². The third-order valence-corrected chi connectivity index (χ3v) is 3.97. The molecule has 146 valence electrons. The Labute approximate surface area is 180 Å². The molecule has 0 saturated heterocycles. The maximum atomic E-state index is 4.24. The molecule has 1 aliphatic rings. The SMILES string of the molecule is CC(C)(C)c1cc(-c2ccccn2)[n-]n1.CN1C=CN(c2[c-]cccc2)[CH-]1.[Ir+3]. The third kappa shape index (κ3) is 5.78. The Balaban J connectivity index is 0.000000198. The predicted octanol–water partition coefficient (Wildman–Crippen LogP) is 4.22. The topological polar surface area (TPSA) is 46.4 Å². The molecular formula is C22H24IrN5. The van der Waals surface area contributed by atoms with Gasteiger partial charge in [-0.15, -0.1) is 5.69 Å². The number of pyridine rings is 1. The molecule has 6 heteroatoms. The molecule has 0 unspecified atom stereocenters. The van der Waals surface area contributed by atoms with Crippen LogP contribution in [0.15, 0.2) is 67.1 Å². The predicted molar refractivity (Wildman–Crippen MR) is 108 cm³/mol. The average Bonchev–Trinajstić information content (AvgIpc) is 3.33. The number of rotatable bonds is 2. The number of benzene rings is 1. The van der Waals surface area contributed by atoms with Crippen molar-refractivity contribution in [2.45, 2.75) is 26.2 Å². The molecule has 0 bridgehead atoms. The second-order valence-electron chi connectivity index (χ2n) is 7.31. The van der Waals surface area contributed by atoms with Crippen LogP contribution in [0.1, 0.15) is 26.5 Å². The fourth-order valence-electron chi connectivity index (χ4n) is 2.44. The summed E-state index contributed by atoms with van der Waals surface area (Å²) in [6.45, 7) is 8.38. The summed E-state index contributed by atoms with van der Waals surface area (Å²) in [5.74, 6) is 0. The van der Waals surface area contributed by atoms with Crippen LogP contribution < -0.4 is 10.00 Å². The van der Waals surface area contributed by atoms with Crippen molar-refractivity contribution in [2.75, 3.05) is 11.9 Å². The van der Waals surface area contributed by atoms with Gasteiger partial charge in [-0.3, -0.25) is 4.98 Å². The summed E-state index contributed by atoms with van der Waals surface area (Å²) in [7, 11) is 2.00. The van der Waals surface area contributed by atoms with E-state index in [1.165, 1.54) is 0 Å². The van der Waals surface area contributed by atoms with Gasteiger partial charge in [0.15, 0.2) is 0 Å². The van der Waals surface area contributed by atoms with Gasteiger partial charge >= 0.3 is 20.1 Å². The van der Waals surface area contributed by atoms with Crippen molar-refractivity contribution >= 4 is 5.69 Å². The molecule has 5 nitrogen and oxygen atoms in total. The number of anilines is 1. The van der Waals surface area contributed by atoms with Gasteiger partial charge in [0.1, 0.15) is 0 Å². The first-order valence-corrected chi connectivity index (χ1v) is 8.86. The van der Waals surface area contributed by atoms with Crippen molar-refractivity contribution in [3.05, 3.63) is 85.6 Å². The van der Waals surface area contributed by atoms with Crippen LogP contribution in [0, 0.1) is 12.7 Å². The first-order chi connectivity index (χ1) is 12.9. The van der Waals surface area contributed by atoms with Gasteiger partial charge in [0.25, 0.3) is 0 Å². The molecule has 0 aliphatic carbocycles. The van der Waals surface area contributed by atoms with Crippen molar-refractivity contribution in [2.24, 2.45) is 0 Å². The van der Waals surface area contributed by atoms with E-state index in [9.17, 15) is 0 Å². The van der Waals surface area contributed by atoms with Crippen molar-refractivity contribution in [3.63, 3.8) is 0 Å². The van der Waals surface area contributed by atoms with E-state index in [0.29, 0.717) is 0 Å². The van der Waals surface area contributed by atoms with E-state index in [1.54, 1.807) is 6.20 Å². The summed E-state index contributed by atoms with van der Waals surface area (Å²) in [5, 5.41) is 8.31. The number of hydrogen-bond acceptors (Lipinski definition) is 4. The molecule has 0 spiro atoms. The Bertz CT molecular complexity index is 869. The van der Waals surface area contributed by atoms with E-state index in [0.717, 1.165) is 22.8 Å². The van der Waals surface area contributed by atoms with Crippen molar-refractivity contribution in [3.8, 4) is 11.4 Å². The van der Waals surface area contributed by atoms with E-state index >= 15 is 0 Å². The second kappa shape index (κ2) is 9.67. The summed E-state index contributed by atoms with van der Waals surface area (Å²) in [5.41, 5.74) is 3.84.